The summed E-state index contributed by atoms with van der Waals surface area (Å²) < 4.78 is 0. The Morgan fingerprint density at radius 1 is 1.18 bits per heavy atom. The molecule has 0 aliphatic heterocycles. The molecular formula is C10H9Cl2N5. The minimum atomic E-state index is 0.0604. The Balaban J connectivity index is 2.10. The fourth-order valence-electron chi connectivity index (χ4n) is 1.27. The van der Waals surface area contributed by atoms with Crippen LogP contribution < -0.4 is 5.32 Å². The Kier molecular flexibility index (Phi) is 3.71. The van der Waals surface area contributed by atoms with Crippen molar-refractivity contribution < 1.29 is 0 Å². The largest absolute Gasteiger partial charge is 0.348 e. The standard InChI is InChI=1S/C10H9Cl2N5/c1-6-3-2-4-13-7(6)5-14-10-16-8(11)15-9(12)17-10/h2-4H,5H2,1H3,(H,14,15,16,17). The van der Waals surface area contributed by atoms with E-state index in [1.165, 1.54) is 0 Å². The number of nitrogens with one attached hydrogen (secondary N) is 1. The van der Waals surface area contributed by atoms with Gasteiger partial charge in [-0.05, 0) is 41.8 Å². The Hall–Kier alpha value is -1.46. The summed E-state index contributed by atoms with van der Waals surface area (Å²) in [6.07, 6.45) is 1.73. The van der Waals surface area contributed by atoms with Crippen LogP contribution in [0.3, 0.4) is 0 Å². The summed E-state index contributed by atoms with van der Waals surface area (Å²) in [6, 6.07) is 3.87. The van der Waals surface area contributed by atoms with E-state index in [1.54, 1.807) is 6.20 Å². The number of nitrogens with zero attached hydrogens (tertiary/aromatic N) is 4. The van der Waals surface area contributed by atoms with Crippen LogP contribution in [0.25, 0.3) is 0 Å². The number of rotatable bonds is 3. The Morgan fingerprint density at radius 2 is 1.88 bits per heavy atom. The van der Waals surface area contributed by atoms with E-state index in [1.807, 2.05) is 19.1 Å². The van der Waals surface area contributed by atoms with Crippen molar-refractivity contribution in [1.29, 1.82) is 0 Å². The zero-order chi connectivity index (χ0) is 12.3. The molecule has 17 heavy (non-hydrogen) atoms. The Labute approximate surface area is 108 Å². The van der Waals surface area contributed by atoms with Crippen LogP contribution in [0.5, 0.6) is 0 Å². The lowest BCUT2D eigenvalue weighted by Gasteiger charge is -2.06. The molecule has 0 atom stereocenters. The van der Waals surface area contributed by atoms with E-state index in [-0.39, 0.29) is 10.6 Å². The molecule has 0 bridgehead atoms. The fourth-order valence-corrected chi connectivity index (χ4v) is 1.63. The molecule has 2 heterocycles. The normalized spacial score (nSPS) is 10.3. The highest BCUT2D eigenvalue weighted by atomic mass is 35.5. The first-order valence-electron chi connectivity index (χ1n) is 4.86. The summed E-state index contributed by atoms with van der Waals surface area (Å²) in [7, 11) is 0. The lowest BCUT2D eigenvalue weighted by atomic mass is 10.2. The SMILES string of the molecule is Cc1cccnc1CNc1nc(Cl)nc(Cl)n1. The minimum absolute atomic E-state index is 0.0604. The lowest BCUT2D eigenvalue weighted by molar-refractivity contribution is 0.962. The molecule has 0 aromatic carbocycles. The van der Waals surface area contributed by atoms with Crippen molar-refractivity contribution in [2.24, 2.45) is 0 Å². The molecule has 0 aliphatic rings. The molecule has 2 aromatic heterocycles. The molecule has 7 heteroatoms. The summed E-state index contributed by atoms with van der Waals surface area (Å²) in [5.74, 6) is 0.333. The van der Waals surface area contributed by atoms with Gasteiger partial charge in [-0.1, -0.05) is 6.07 Å². The van der Waals surface area contributed by atoms with E-state index in [0.717, 1.165) is 11.3 Å². The topological polar surface area (TPSA) is 63.6 Å². The average Bonchev–Trinajstić information content (AvgIpc) is 2.27. The van der Waals surface area contributed by atoms with Gasteiger partial charge in [0, 0.05) is 6.20 Å². The molecule has 0 unspecified atom stereocenters. The number of aryl methyl sites for hydroxylation is 1. The van der Waals surface area contributed by atoms with Crippen LogP contribution in [0.15, 0.2) is 18.3 Å². The highest BCUT2D eigenvalue weighted by Crippen LogP contribution is 2.11. The van der Waals surface area contributed by atoms with Gasteiger partial charge in [-0.2, -0.15) is 15.0 Å². The molecule has 0 radical (unpaired) electrons. The van der Waals surface area contributed by atoms with Crippen LogP contribution in [0.1, 0.15) is 11.3 Å². The van der Waals surface area contributed by atoms with Gasteiger partial charge >= 0.3 is 0 Å². The van der Waals surface area contributed by atoms with Gasteiger partial charge < -0.3 is 5.32 Å². The number of halogens is 2. The first-order valence-corrected chi connectivity index (χ1v) is 5.62. The van der Waals surface area contributed by atoms with E-state index in [4.69, 9.17) is 23.2 Å². The molecule has 5 nitrogen and oxygen atoms in total. The van der Waals surface area contributed by atoms with Crippen molar-refractivity contribution in [2.75, 3.05) is 5.32 Å². The van der Waals surface area contributed by atoms with Crippen molar-refractivity contribution in [3.8, 4) is 0 Å². The van der Waals surface area contributed by atoms with Crippen LogP contribution in [0, 0.1) is 6.92 Å². The maximum Gasteiger partial charge on any atom is 0.228 e. The third kappa shape index (κ3) is 3.25. The van der Waals surface area contributed by atoms with Crippen molar-refractivity contribution in [1.82, 2.24) is 19.9 Å². The minimum Gasteiger partial charge on any atom is -0.348 e. The van der Waals surface area contributed by atoms with Gasteiger partial charge in [-0.25, -0.2) is 0 Å². The quantitative estimate of drug-likeness (QED) is 0.928. The van der Waals surface area contributed by atoms with E-state index in [2.05, 4.69) is 25.3 Å². The van der Waals surface area contributed by atoms with Crippen LogP contribution in [0.2, 0.25) is 10.6 Å². The first kappa shape index (κ1) is 12.0. The molecule has 0 amide bonds. The van der Waals surface area contributed by atoms with Crippen LogP contribution in [-0.4, -0.2) is 19.9 Å². The van der Waals surface area contributed by atoms with Gasteiger partial charge in [0.1, 0.15) is 0 Å². The van der Waals surface area contributed by atoms with Gasteiger partial charge in [0.15, 0.2) is 0 Å². The molecule has 1 N–H and O–H groups in total. The van der Waals surface area contributed by atoms with Gasteiger partial charge in [-0.3, -0.25) is 4.98 Å². The highest BCUT2D eigenvalue weighted by molar-refractivity contribution is 6.31. The lowest BCUT2D eigenvalue weighted by Crippen LogP contribution is -2.07. The van der Waals surface area contributed by atoms with Crippen molar-refractivity contribution >= 4 is 29.2 Å². The second-order valence-electron chi connectivity index (χ2n) is 3.32. The maximum absolute atomic E-state index is 5.66. The third-order valence-electron chi connectivity index (χ3n) is 2.11. The van der Waals surface area contributed by atoms with Crippen molar-refractivity contribution in [3.63, 3.8) is 0 Å². The van der Waals surface area contributed by atoms with Crippen LogP contribution >= 0.6 is 23.2 Å². The number of hydrogen-bond acceptors (Lipinski definition) is 5. The third-order valence-corrected chi connectivity index (χ3v) is 2.45. The second kappa shape index (κ2) is 5.25. The maximum atomic E-state index is 5.66. The van der Waals surface area contributed by atoms with Crippen LogP contribution in [0.4, 0.5) is 5.95 Å². The number of aromatic nitrogens is 4. The zero-order valence-electron chi connectivity index (χ0n) is 8.98. The predicted molar refractivity (Wildman–Crippen MR) is 66.1 cm³/mol. The number of pyridine rings is 1. The number of anilines is 1. The van der Waals surface area contributed by atoms with E-state index in [0.29, 0.717) is 12.5 Å². The molecule has 0 saturated heterocycles. The fraction of sp³-hybridized carbons (Fsp3) is 0.200. The van der Waals surface area contributed by atoms with Crippen molar-refractivity contribution in [3.05, 3.63) is 40.2 Å². The van der Waals surface area contributed by atoms with E-state index >= 15 is 0 Å². The Bertz CT molecular complexity index is 512. The van der Waals surface area contributed by atoms with Gasteiger partial charge in [0.25, 0.3) is 0 Å². The monoisotopic (exact) mass is 269 g/mol. The second-order valence-corrected chi connectivity index (χ2v) is 3.99. The first-order chi connectivity index (χ1) is 8.15. The van der Waals surface area contributed by atoms with Crippen LogP contribution in [-0.2, 0) is 6.54 Å². The van der Waals surface area contributed by atoms with Gasteiger partial charge in [0.05, 0.1) is 12.2 Å². The molecule has 88 valence electrons. The Morgan fingerprint density at radius 3 is 2.53 bits per heavy atom. The molecule has 2 rings (SSSR count). The summed E-state index contributed by atoms with van der Waals surface area (Å²) in [5, 5.41) is 3.11. The summed E-state index contributed by atoms with van der Waals surface area (Å²) in [4.78, 5) is 15.7. The molecule has 0 aliphatic carbocycles. The zero-order valence-corrected chi connectivity index (χ0v) is 10.5. The summed E-state index contributed by atoms with van der Waals surface area (Å²) in [5.41, 5.74) is 2.01. The average molecular weight is 270 g/mol. The predicted octanol–water partition coefficient (Wildman–Crippen LogP) is 2.49. The van der Waals surface area contributed by atoms with Gasteiger partial charge in [0.2, 0.25) is 16.5 Å². The molecular weight excluding hydrogens is 261 g/mol. The summed E-state index contributed by atoms with van der Waals surface area (Å²) >= 11 is 11.3. The van der Waals surface area contributed by atoms with Gasteiger partial charge in [-0.15, -0.1) is 0 Å². The summed E-state index contributed by atoms with van der Waals surface area (Å²) in [6.45, 7) is 2.49. The van der Waals surface area contributed by atoms with E-state index < -0.39 is 0 Å². The smallest absolute Gasteiger partial charge is 0.228 e. The molecule has 0 saturated carbocycles. The highest BCUT2D eigenvalue weighted by Gasteiger charge is 2.04. The number of hydrogen-bond donors (Lipinski definition) is 1. The molecule has 2 aromatic rings. The molecule has 0 spiro atoms. The molecule has 0 fully saturated rings. The van der Waals surface area contributed by atoms with E-state index in [9.17, 15) is 0 Å². The van der Waals surface area contributed by atoms with Crippen molar-refractivity contribution in [2.45, 2.75) is 13.5 Å².